The van der Waals surface area contributed by atoms with Gasteiger partial charge in [0.15, 0.2) is 0 Å². The Labute approximate surface area is 323 Å². The molecule has 17 heteroatoms. The number of esters is 1. The van der Waals surface area contributed by atoms with E-state index < -0.39 is 41.9 Å². The van der Waals surface area contributed by atoms with Gasteiger partial charge in [0.25, 0.3) is 5.56 Å². The van der Waals surface area contributed by atoms with Crippen molar-refractivity contribution in [1.29, 1.82) is 0 Å². The molecule has 17 nitrogen and oxygen atoms in total. The molecule has 3 rings (SSSR count). The molecule has 1 aromatic heterocycles. The van der Waals surface area contributed by atoms with Gasteiger partial charge in [-0.15, -0.1) is 0 Å². The fourth-order valence-electron chi connectivity index (χ4n) is 8.48. The summed E-state index contributed by atoms with van der Waals surface area (Å²) in [5.74, 6) is -0.528. The van der Waals surface area contributed by atoms with Crippen LogP contribution in [0.15, 0.2) is 23.5 Å². The Hall–Kier alpha value is -4.83. The van der Waals surface area contributed by atoms with Crippen molar-refractivity contribution in [2.24, 2.45) is 21.7 Å². The number of anilines is 1. The van der Waals surface area contributed by atoms with Crippen LogP contribution in [-0.4, -0.2) is 91.3 Å². The number of rotatable bonds is 15. The minimum Gasteiger partial charge on any atom is -0.459 e. The van der Waals surface area contributed by atoms with E-state index >= 15 is 0 Å². The Bertz CT molecular complexity index is 1600. The third-order valence-corrected chi connectivity index (χ3v) is 9.77. The Balaban J connectivity index is 1.38. The number of urea groups is 1. The third-order valence-electron chi connectivity index (χ3n) is 9.77. The topological polar surface area (TPSA) is 228 Å². The first-order chi connectivity index (χ1) is 25.6. The molecule has 0 spiro atoms. The van der Waals surface area contributed by atoms with Gasteiger partial charge in [-0.3, -0.25) is 10.1 Å². The number of hydrogen-bond acceptors (Lipinski definition) is 11. The molecule has 2 aliphatic rings. The number of aryl methyl sites for hydroxylation is 1. The average molecular weight is 776 g/mol. The molecule has 0 saturated heterocycles. The Kier molecular flexibility index (Phi) is 15.5. The van der Waals surface area contributed by atoms with Crippen molar-refractivity contribution < 1.29 is 42.9 Å². The monoisotopic (exact) mass is 775 g/mol. The minimum atomic E-state index is -0.624. The van der Waals surface area contributed by atoms with Crippen LogP contribution in [-0.2, 0) is 23.7 Å². The van der Waals surface area contributed by atoms with Gasteiger partial charge in [-0.05, 0) is 74.0 Å². The zero-order valence-corrected chi connectivity index (χ0v) is 33.6. The predicted molar refractivity (Wildman–Crippen MR) is 204 cm³/mol. The lowest BCUT2D eigenvalue weighted by Crippen LogP contribution is -2.51. The van der Waals surface area contributed by atoms with Crippen molar-refractivity contribution in [1.82, 2.24) is 31.2 Å². The summed E-state index contributed by atoms with van der Waals surface area (Å²) in [6.07, 6.45) is 3.30. The van der Waals surface area contributed by atoms with Gasteiger partial charge in [-0.1, -0.05) is 48.1 Å². The van der Waals surface area contributed by atoms with E-state index in [0.717, 1.165) is 31.8 Å². The molecule has 55 heavy (non-hydrogen) atoms. The van der Waals surface area contributed by atoms with Crippen LogP contribution < -0.4 is 32.1 Å². The number of nitrogens with one attached hydrogen (secondary N) is 6. The highest BCUT2D eigenvalue weighted by atomic mass is 16.6. The molecular weight excluding hydrogens is 714 g/mol. The lowest BCUT2D eigenvalue weighted by atomic mass is 9.62. The number of H-pyrrole nitrogens is 1. The molecule has 5 unspecified atom stereocenters. The summed E-state index contributed by atoms with van der Waals surface area (Å²) < 4.78 is 20.9. The lowest BCUT2D eigenvalue weighted by molar-refractivity contribution is -0.138. The van der Waals surface area contributed by atoms with Crippen molar-refractivity contribution in [2.45, 2.75) is 119 Å². The smallest absolute Gasteiger partial charge is 0.407 e. The first-order valence-corrected chi connectivity index (χ1v) is 18.8. The molecule has 6 N–H and O–H groups in total. The minimum absolute atomic E-state index is 0.0366. The number of aromatic amines is 1. The zero-order valence-electron chi connectivity index (χ0n) is 33.6. The quantitative estimate of drug-likeness (QED) is 0.0597. The maximum Gasteiger partial charge on any atom is 0.407 e. The second-order valence-corrected chi connectivity index (χ2v) is 17.4. The van der Waals surface area contributed by atoms with Gasteiger partial charge < -0.3 is 45.2 Å². The second-order valence-electron chi connectivity index (χ2n) is 17.4. The lowest BCUT2D eigenvalue weighted by Gasteiger charge is -2.46. The van der Waals surface area contributed by atoms with E-state index in [9.17, 15) is 28.8 Å². The molecule has 2 aliphatic carbocycles. The van der Waals surface area contributed by atoms with Gasteiger partial charge in [0.1, 0.15) is 19.3 Å². The van der Waals surface area contributed by atoms with Gasteiger partial charge in [0.05, 0.1) is 6.61 Å². The molecule has 2 saturated carbocycles. The molecule has 0 bridgehead atoms. The van der Waals surface area contributed by atoms with Crippen LogP contribution in [0, 0.1) is 28.6 Å². The fraction of sp³-hybridized carbons (Fsp3) is 0.711. The standard InChI is InChI=1S/C38H61N7O10/c1-10-29(47)52-13-14-54-33(50)40-23-38(9)19-27(17-36(6,7)21-38)43-34(51)55-25(3)11-12-53-32(49)39-22-37(8)18-26(16-35(4,5)20-37)42-31(48)45-30-41-24(2)15-28(46)44-30/h10,15,25-27H,1,11-14,16-23H2,2-9H3,(H,39,49)(H,40,50)(H,43,51)(H3,41,42,44,45,46,48). The fourth-order valence-corrected chi connectivity index (χ4v) is 8.48. The molecule has 5 atom stereocenters. The molecule has 5 amide bonds. The van der Waals surface area contributed by atoms with Crippen molar-refractivity contribution in [3.05, 3.63) is 34.8 Å². The third kappa shape index (κ3) is 16.2. The van der Waals surface area contributed by atoms with Crippen molar-refractivity contribution in [3.8, 4) is 0 Å². The number of ether oxygens (including phenoxy) is 4. The highest BCUT2D eigenvalue weighted by Crippen LogP contribution is 2.47. The van der Waals surface area contributed by atoms with Crippen LogP contribution >= 0.6 is 0 Å². The van der Waals surface area contributed by atoms with Crippen LogP contribution in [0.5, 0.6) is 0 Å². The van der Waals surface area contributed by atoms with Gasteiger partial charge in [-0.2, -0.15) is 4.98 Å². The summed E-state index contributed by atoms with van der Waals surface area (Å²) in [6, 6.07) is 0.475. The van der Waals surface area contributed by atoms with Crippen LogP contribution in [0.2, 0.25) is 0 Å². The number of nitrogens with zero attached hydrogens (tertiary/aromatic N) is 1. The molecule has 2 fully saturated rings. The number of hydrogen-bond donors (Lipinski definition) is 6. The number of carbonyl (C=O) groups is 5. The molecule has 1 aromatic rings. The van der Waals surface area contributed by atoms with Gasteiger partial charge in [-0.25, -0.2) is 24.0 Å². The van der Waals surface area contributed by atoms with E-state index in [-0.39, 0.29) is 59.5 Å². The maximum absolute atomic E-state index is 12.9. The van der Waals surface area contributed by atoms with E-state index in [1.165, 1.54) is 6.07 Å². The second kappa shape index (κ2) is 19.2. The first-order valence-electron chi connectivity index (χ1n) is 18.8. The summed E-state index contributed by atoms with van der Waals surface area (Å²) >= 11 is 0. The number of alkyl carbamates (subject to hydrolysis) is 3. The highest BCUT2D eigenvalue weighted by molar-refractivity contribution is 5.87. The van der Waals surface area contributed by atoms with E-state index in [4.69, 9.17) is 18.9 Å². The van der Waals surface area contributed by atoms with E-state index in [1.54, 1.807) is 13.8 Å². The Morgan fingerprint density at radius 2 is 1.36 bits per heavy atom. The van der Waals surface area contributed by atoms with Crippen molar-refractivity contribution >= 4 is 36.2 Å². The molecule has 0 radical (unpaired) electrons. The first kappa shape index (κ1) is 44.6. The normalized spacial score (nSPS) is 24.5. The van der Waals surface area contributed by atoms with Gasteiger partial charge >= 0.3 is 30.3 Å². The van der Waals surface area contributed by atoms with Crippen LogP contribution in [0.25, 0.3) is 0 Å². The maximum atomic E-state index is 12.9. The highest BCUT2D eigenvalue weighted by Gasteiger charge is 2.43. The largest absolute Gasteiger partial charge is 0.459 e. The van der Waals surface area contributed by atoms with Crippen molar-refractivity contribution in [2.75, 3.05) is 38.2 Å². The molecule has 1 heterocycles. The molecule has 0 aliphatic heterocycles. The summed E-state index contributed by atoms with van der Waals surface area (Å²) in [5.41, 5.74) is -0.795. The van der Waals surface area contributed by atoms with E-state index in [0.29, 0.717) is 38.0 Å². The zero-order chi connectivity index (χ0) is 41.0. The van der Waals surface area contributed by atoms with Crippen molar-refractivity contribution in [3.63, 3.8) is 0 Å². The number of aromatic nitrogens is 2. The molecule has 308 valence electrons. The van der Waals surface area contributed by atoms with E-state index in [2.05, 4.69) is 77.7 Å². The summed E-state index contributed by atoms with van der Waals surface area (Å²) in [4.78, 5) is 80.0. The number of carbonyl (C=O) groups excluding carboxylic acids is 5. The van der Waals surface area contributed by atoms with Crippen LogP contribution in [0.4, 0.5) is 25.1 Å². The number of amides is 5. The Morgan fingerprint density at radius 1 is 0.836 bits per heavy atom. The van der Waals surface area contributed by atoms with Crippen LogP contribution in [0.3, 0.4) is 0 Å². The van der Waals surface area contributed by atoms with Crippen LogP contribution in [0.1, 0.15) is 99.1 Å². The Morgan fingerprint density at radius 3 is 1.91 bits per heavy atom. The predicted octanol–water partition coefficient (Wildman–Crippen LogP) is 5.06. The molecule has 0 aromatic carbocycles. The summed E-state index contributed by atoms with van der Waals surface area (Å²) in [5, 5.41) is 14.2. The summed E-state index contributed by atoms with van der Waals surface area (Å²) in [6.45, 7) is 19.8. The molecular formula is C38H61N7O10. The average Bonchev–Trinajstić information content (AvgIpc) is 3.02. The van der Waals surface area contributed by atoms with Gasteiger partial charge in [0, 0.05) is 49.4 Å². The van der Waals surface area contributed by atoms with Gasteiger partial charge in [0.2, 0.25) is 5.95 Å². The van der Waals surface area contributed by atoms with E-state index in [1.807, 2.05) is 6.92 Å². The SMILES string of the molecule is C=CC(=O)OCCOC(=O)NCC1(C)CC(NC(=O)OC(C)CCOC(=O)NCC2(C)CC(NC(=O)Nc3nc(=O)cc(C)[nH]3)CC(C)(C)C2)CC(C)(C)C1. The summed E-state index contributed by atoms with van der Waals surface area (Å²) in [7, 11) is 0.